The van der Waals surface area contributed by atoms with Gasteiger partial charge in [-0.2, -0.15) is 0 Å². The lowest BCUT2D eigenvalue weighted by Gasteiger charge is -2.39. The van der Waals surface area contributed by atoms with Gasteiger partial charge in [-0.3, -0.25) is 14.0 Å². The molecule has 3 aromatic heterocycles. The highest BCUT2D eigenvalue weighted by Crippen LogP contribution is 2.42. The number of hydrogen-bond donors (Lipinski definition) is 4. The van der Waals surface area contributed by atoms with E-state index in [0.29, 0.717) is 87.9 Å². The fourth-order valence-electron chi connectivity index (χ4n) is 6.28. The summed E-state index contributed by atoms with van der Waals surface area (Å²) >= 11 is 14.1. The van der Waals surface area contributed by atoms with Crippen molar-refractivity contribution in [2.24, 2.45) is 0 Å². The molecular weight excluding hydrogens is 683 g/mol. The number of methoxy groups -OCH3 is 1. The summed E-state index contributed by atoms with van der Waals surface area (Å²) in [7, 11) is 1.50. The number of ether oxygens (including phenoxy) is 1. The Morgan fingerprint density at radius 3 is 2.44 bits per heavy atom. The van der Waals surface area contributed by atoms with Crippen LogP contribution >= 0.6 is 23.2 Å². The number of carbonyl (C=O) groups excluding carboxylic acids is 1. The maximum absolute atomic E-state index is 13.2. The molecule has 2 aromatic carbocycles. The Labute approximate surface area is 296 Å². The van der Waals surface area contributed by atoms with Crippen LogP contribution in [0.2, 0.25) is 10.0 Å². The number of nitrogens with one attached hydrogen (secondary N) is 3. The fourth-order valence-corrected chi connectivity index (χ4v) is 6.94. The number of rotatable bonds is 10. The minimum atomic E-state index is -1.07. The Hall–Kier alpha value is -5.24. The largest absolute Gasteiger partial charge is 0.478 e. The van der Waals surface area contributed by atoms with Gasteiger partial charge < -0.3 is 30.7 Å². The number of carbonyl (C=O) groups is 2. The normalized spacial score (nSPS) is 15.9. The van der Waals surface area contributed by atoms with Gasteiger partial charge in [0.2, 0.25) is 5.91 Å². The third-order valence-corrected chi connectivity index (χ3v) is 9.69. The van der Waals surface area contributed by atoms with Gasteiger partial charge in [0.25, 0.3) is 11.4 Å². The Kier molecular flexibility index (Phi) is 9.27. The summed E-state index contributed by atoms with van der Waals surface area (Å²) in [6.45, 7) is 1.82. The molecule has 2 fully saturated rings. The van der Waals surface area contributed by atoms with Crippen molar-refractivity contribution in [3.8, 4) is 39.4 Å². The van der Waals surface area contributed by atoms with Gasteiger partial charge in [0, 0.05) is 78.9 Å². The minimum absolute atomic E-state index is 0.0528. The lowest BCUT2D eigenvalue weighted by molar-refractivity contribution is -0.119. The fraction of sp³-hybridized carbons (Fsp3) is 0.257. The second kappa shape index (κ2) is 13.9. The average Bonchev–Trinajstić information content (AvgIpc) is 3.51. The van der Waals surface area contributed by atoms with Crippen molar-refractivity contribution in [3.63, 3.8) is 0 Å². The summed E-state index contributed by atoms with van der Waals surface area (Å²) in [6, 6.07) is 14.8. The Morgan fingerprint density at radius 2 is 1.74 bits per heavy atom. The van der Waals surface area contributed by atoms with Gasteiger partial charge in [0.1, 0.15) is 5.65 Å². The highest BCUT2D eigenvalue weighted by atomic mass is 35.5. The Balaban J connectivity index is 1.13. The van der Waals surface area contributed by atoms with Crippen LogP contribution in [0, 0.1) is 0 Å². The summed E-state index contributed by atoms with van der Waals surface area (Å²) in [6.07, 6.45) is 5.11. The molecule has 2 saturated heterocycles. The van der Waals surface area contributed by atoms with Gasteiger partial charge in [0.05, 0.1) is 35.1 Å². The first-order valence-electron chi connectivity index (χ1n) is 15.9. The van der Waals surface area contributed by atoms with Gasteiger partial charge in [-0.1, -0.05) is 59.6 Å². The van der Waals surface area contributed by atoms with Crippen molar-refractivity contribution >= 4 is 46.7 Å². The Bertz CT molecular complexity index is 2190. The van der Waals surface area contributed by atoms with Crippen LogP contribution in [0.25, 0.3) is 39.2 Å². The van der Waals surface area contributed by atoms with Gasteiger partial charge in [0.15, 0.2) is 5.82 Å². The molecule has 0 radical (unpaired) electrons. The lowest BCUT2D eigenvalue weighted by atomic mass is 9.97. The van der Waals surface area contributed by atoms with Gasteiger partial charge >= 0.3 is 6.09 Å². The van der Waals surface area contributed by atoms with E-state index in [0.717, 1.165) is 17.5 Å². The van der Waals surface area contributed by atoms with Crippen LogP contribution in [0.15, 0.2) is 71.9 Å². The SMILES string of the molecule is COc1nc(-c2cccc(-c3cccc(-c4ccn5c(=O)c(CNCC6CCC(=O)N6)cnc5c4)c3Cl)c2Cl)cnc1N1CC(NC(=O)O)C1. The predicted octanol–water partition coefficient (Wildman–Crippen LogP) is 4.63. The van der Waals surface area contributed by atoms with Gasteiger partial charge in [-0.05, 0) is 24.1 Å². The summed E-state index contributed by atoms with van der Waals surface area (Å²) in [5, 5.41) is 18.5. The van der Waals surface area contributed by atoms with E-state index in [2.05, 4.69) is 30.9 Å². The minimum Gasteiger partial charge on any atom is -0.478 e. The first-order valence-corrected chi connectivity index (χ1v) is 16.7. The number of amides is 2. The van der Waals surface area contributed by atoms with Crippen molar-refractivity contribution < 1.29 is 19.4 Å². The van der Waals surface area contributed by atoms with E-state index < -0.39 is 6.09 Å². The summed E-state index contributed by atoms with van der Waals surface area (Å²) in [5.41, 5.74) is 4.86. The molecule has 256 valence electrons. The molecule has 15 heteroatoms. The van der Waals surface area contributed by atoms with Crippen LogP contribution in [-0.4, -0.2) is 75.3 Å². The predicted molar refractivity (Wildman–Crippen MR) is 190 cm³/mol. The number of hydrogen-bond acceptors (Lipinski definition) is 9. The molecule has 2 aliphatic heterocycles. The summed E-state index contributed by atoms with van der Waals surface area (Å²) < 4.78 is 7.05. The molecular formula is C35H32Cl2N8O5. The maximum atomic E-state index is 13.2. The second-order valence-electron chi connectivity index (χ2n) is 12.1. The van der Waals surface area contributed by atoms with Crippen molar-refractivity contribution in [3.05, 3.63) is 93.1 Å². The molecule has 1 atom stereocenters. The molecule has 1 unspecified atom stereocenters. The van der Waals surface area contributed by atoms with E-state index in [1.54, 1.807) is 18.6 Å². The third-order valence-electron chi connectivity index (χ3n) is 8.87. The molecule has 50 heavy (non-hydrogen) atoms. The van der Waals surface area contributed by atoms with E-state index >= 15 is 0 Å². The molecule has 0 bridgehead atoms. The molecule has 2 amide bonds. The standard InChI is InChI=1S/C35H32Cl2N8O5/c1-50-33-32(44-17-22(18-44)42-35(48)49)40-16-27(43-33)26-7-3-6-25(31(26)37)24-5-2-4-23(30(24)36)19-10-11-45-28(12-19)39-14-20(34(45)47)13-38-15-21-8-9-29(46)41-21/h2-7,10-12,14,16,21-22,38,42H,8-9,13,15,17-18H2,1H3,(H,41,46)(H,48,49). The first-order chi connectivity index (χ1) is 24.2. The number of fused-ring (bicyclic) bond motifs is 1. The lowest BCUT2D eigenvalue weighted by Crippen LogP contribution is -2.59. The monoisotopic (exact) mass is 714 g/mol. The number of nitrogens with zero attached hydrogens (tertiary/aromatic N) is 5. The Morgan fingerprint density at radius 1 is 1.02 bits per heavy atom. The summed E-state index contributed by atoms with van der Waals surface area (Å²) in [4.78, 5) is 51.3. The zero-order valence-electron chi connectivity index (χ0n) is 26.8. The molecule has 4 N–H and O–H groups in total. The number of benzene rings is 2. The quantitative estimate of drug-likeness (QED) is 0.161. The van der Waals surface area contributed by atoms with Gasteiger partial charge in [-0.15, -0.1) is 0 Å². The third kappa shape index (κ3) is 6.54. The van der Waals surface area contributed by atoms with Gasteiger partial charge in [-0.25, -0.2) is 19.7 Å². The first kappa shape index (κ1) is 33.3. The van der Waals surface area contributed by atoms with E-state index in [1.807, 2.05) is 53.4 Å². The van der Waals surface area contributed by atoms with Crippen molar-refractivity contribution in [2.75, 3.05) is 31.6 Å². The van der Waals surface area contributed by atoms with Crippen LogP contribution < -0.4 is 31.1 Å². The van der Waals surface area contributed by atoms with Crippen LogP contribution in [-0.2, 0) is 11.3 Å². The number of aromatic nitrogens is 4. The molecule has 5 heterocycles. The molecule has 0 saturated carbocycles. The number of pyridine rings is 1. The second-order valence-corrected chi connectivity index (χ2v) is 12.9. The van der Waals surface area contributed by atoms with Crippen LogP contribution in [0.1, 0.15) is 18.4 Å². The number of halogens is 2. The maximum Gasteiger partial charge on any atom is 0.405 e. The van der Waals surface area contributed by atoms with Crippen molar-refractivity contribution in [2.45, 2.75) is 31.5 Å². The molecule has 7 rings (SSSR count). The number of anilines is 1. The highest BCUT2D eigenvalue weighted by Gasteiger charge is 2.32. The number of carboxylic acid groups (broad SMARTS) is 1. The van der Waals surface area contributed by atoms with Crippen LogP contribution in [0.4, 0.5) is 10.6 Å². The van der Waals surface area contributed by atoms with E-state index in [-0.39, 0.29) is 23.6 Å². The molecule has 0 spiro atoms. The van der Waals surface area contributed by atoms with E-state index in [4.69, 9.17) is 33.0 Å². The summed E-state index contributed by atoms with van der Waals surface area (Å²) in [5.74, 6) is 0.861. The molecule has 0 aliphatic carbocycles. The van der Waals surface area contributed by atoms with E-state index in [9.17, 15) is 14.4 Å². The smallest absolute Gasteiger partial charge is 0.405 e. The van der Waals surface area contributed by atoms with Crippen molar-refractivity contribution in [1.82, 2.24) is 35.3 Å². The van der Waals surface area contributed by atoms with Crippen LogP contribution in [0.5, 0.6) is 5.88 Å². The van der Waals surface area contributed by atoms with Crippen molar-refractivity contribution in [1.29, 1.82) is 0 Å². The zero-order valence-corrected chi connectivity index (χ0v) is 28.3. The topological polar surface area (TPSA) is 163 Å². The van der Waals surface area contributed by atoms with E-state index in [1.165, 1.54) is 11.5 Å². The molecule has 2 aliphatic rings. The highest BCUT2D eigenvalue weighted by molar-refractivity contribution is 6.39. The van der Waals surface area contributed by atoms with Crippen LogP contribution in [0.3, 0.4) is 0 Å². The molecule has 5 aromatic rings. The molecule has 13 nitrogen and oxygen atoms in total. The average molecular weight is 716 g/mol. The zero-order chi connectivity index (χ0) is 34.9.